The first-order chi connectivity index (χ1) is 11.1. The molecular weight excluding hydrogens is 328 g/mol. The molecular formula is C17H26N2O4S. The second-order valence-corrected chi connectivity index (χ2v) is 8.64. The zero-order valence-electron chi connectivity index (χ0n) is 14.9. The van der Waals surface area contributed by atoms with E-state index in [4.69, 9.17) is 4.74 Å². The van der Waals surface area contributed by atoms with Crippen molar-refractivity contribution in [2.24, 2.45) is 0 Å². The maximum atomic E-state index is 12.5. The van der Waals surface area contributed by atoms with Crippen LogP contribution in [0.3, 0.4) is 0 Å². The van der Waals surface area contributed by atoms with Crippen molar-refractivity contribution in [3.63, 3.8) is 0 Å². The maximum absolute atomic E-state index is 12.5. The number of hydrogen-bond donors (Lipinski definition) is 1. The van der Waals surface area contributed by atoms with Gasteiger partial charge in [0.25, 0.3) is 5.91 Å². The molecule has 1 N–H and O–H groups in total. The van der Waals surface area contributed by atoms with Gasteiger partial charge in [0.15, 0.2) is 0 Å². The van der Waals surface area contributed by atoms with Gasteiger partial charge in [-0.3, -0.25) is 4.79 Å². The molecule has 0 radical (unpaired) electrons. The molecule has 0 saturated carbocycles. The number of ether oxygens (including phenoxy) is 1. The summed E-state index contributed by atoms with van der Waals surface area (Å²) in [6.45, 7) is 6.19. The van der Waals surface area contributed by atoms with Crippen LogP contribution in [0.4, 0.5) is 0 Å². The lowest BCUT2D eigenvalue weighted by Gasteiger charge is -2.21. The normalized spacial score (nSPS) is 19.5. The van der Waals surface area contributed by atoms with Gasteiger partial charge in [-0.2, -0.15) is 0 Å². The third-order valence-corrected chi connectivity index (χ3v) is 6.46. The average molecular weight is 354 g/mol. The number of hydrogen-bond acceptors (Lipinski definition) is 4. The molecule has 1 amide bonds. The largest absolute Gasteiger partial charge is 0.376 e. The molecule has 6 nitrogen and oxygen atoms in total. The van der Waals surface area contributed by atoms with Crippen LogP contribution in [0.25, 0.3) is 0 Å². The molecule has 24 heavy (non-hydrogen) atoms. The summed E-state index contributed by atoms with van der Waals surface area (Å²) < 4.78 is 31.7. The molecule has 0 aromatic heterocycles. The van der Waals surface area contributed by atoms with E-state index in [1.807, 2.05) is 13.8 Å². The highest BCUT2D eigenvalue weighted by Gasteiger charge is 2.26. The van der Waals surface area contributed by atoms with Gasteiger partial charge in [0.05, 0.1) is 17.0 Å². The van der Waals surface area contributed by atoms with Crippen molar-refractivity contribution >= 4 is 15.9 Å². The summed E-state index contributed by atoms with van der Waals surface area (Å²) in [5.41, 5.74) is 1.78. The minimum Gasteiger partial charge on any atom is -0.376 e. The Balaban J connectivity index is 2.30. The molecule has 0 aliphatic carbocycles. The van der Waals surface area contributed by atoms with Crippen LogP contribution < -0.4 is 5.32 Å². The Morgan fingerprint density at radius 3 is 2.54 bits per heavy atom. The van der Waals surface area contributed by atoms with Gasteiger partial charge in [-0.15, -0.1) is 0 Å². The summed E-state index contributed by atoms with van der Waals surface area (Å²) >= 11 is 0. The van der Waals surface area contributed by atoms with Gasteiger partial charge in [0, 0.05) is 26.3 Å². The van der Waals surface area contributed by atoms with E-state index in [1.165, 1.54) is 20.2 Å². The Bertz CT molecular complexity index is 722. The molecule has 1 heterocycles. The summed E-state index contributed by atoms with van der Waals surface area (Å²) in [6, 6.07) is 3.06. The molecule has 1 saturated heterocycles. The summed E-state index contributed by atoms with van der Waals surface area (Å²) in [6.07, 6.45) is 1.94. The number of carbonyl (C=O) groups is 1. The maximum Gasteiger partial charge on any atom is 0.251 e. The van der Waals surface area contributed by atoms with E-state index in [-0.39, 0.29) is 22.9 Å². The fourth-order valence-corrected chi connectivity index (χ4v) is 4.02. The van der Waals surface area contributed by atoms with E-state index < -0.39 is 10.0 Å². The summed E-state index contributed by atoms with van der Waals surface area (Å²) in [4.78, 5) is 12.7. The topological polar surface area (TPSA) is 75.7 Å². The fourth-order valence-electron chi connectivity index (χ4n) is 2.80. The van der Waals surface area contributed by atoms with Crippen LogP contribution in [0, 0.1) is 13.8 Å². The van der Waals surface area contributed by atoms with Gasteiger partial charge < -0.3 is 10.1 Å². The van der Waals surface area contributed by atoms with Crippen LogP contribution >= 0.6 is 0 Å². The monoisotopic (exact) mass is 354 g/mol. The molecule has 0 unspecified atom stereocenters. The second kappa shape index (κ2) is 7.21. The number of carbonyl (C=O) groups excluding carboxylic acids is 1. The lowest BCUT2D eigenvalue weighted by atomic mass is 10.0. The summed E-state index contributed by atoms with van der Waals surface area (Å²) in [5, 5.41) is 2.92. The van der Waals surface area contributed by atoms with E-state index in [2.05, 4.69) is 5.32 Å². The first kappa shape index (κ1) is 18.9. The molecule has 1 aliphatic rings. The third kappa shape index (κ3) is 3.79. The molecule has 1 aliphatic heterocycles. The zero-order chi connectivity index (χ0) is 18.1. The van der Waals surface area contributed by atoms with Crippen LogP contribution in [0.15, 0.2) is 17.0 Å². The number of aryl methyl sites for hydroxylation is 1. The van der Waals surface area contributed by atoms with Crippen LogP contribution in [-0.4, -0.2) is 51.5 Å². The van der Waals surface area contributed by atoms with Crippen LogP contribution in [0.5, 0.6) is 0 Å². The number of sulfonamides is 1. The summed E-state index contributed by atoms with van der Waals surface area (Å²) in [5.74, 6) is -0.281. The van der Waals surface area contributed by atoms with Crippen molar-refractivity contribution in [2.75, 3.05) is 20.7 Å². The predicted molar refractivity (Wildman–Crippen MR) is 92.7 cm³/mol. The van der Waals surface area contributed by atoms with E-state index >= 15 is 0 Å². The number of benzene rings is 1. The van der Waals surface area contributed by atoms with Crippen LogP contribution in [-0.2, 0) is 14.8 Å². The summed E-state index contributed by atoms with van der Waals surface area (Å²) in [7, 11) is -0.637. The third-order valence-electron chi connectivity index (χ3n) is 4.52. The van der Waals surface area contributed by atoms with E-state index in [9.17, 15) is 13.2 Å². The van der Waals surface area contributed by atoms with E-state index in [1.54, 1.807) is 13.0 Å². The van der Waals surface area contributed by atoms with Crippen molar-refractivity contribution < 1.29 is 17.9 Å². The molecule has 7 heteroatoms. The molecule has 0 bridgehead atoms. The Kier molecular flexibility index (Phi) is 5.67. The molecule has 2 atom stereocenters. The smallest absolute Gasteiger partial charge is 0.251 e. The number of nitrogens with one attached hydrogen (secondary N) is 1. The molecule has 1 fully saturated rings. The van der Waals surface area contributed by atoms with Gasteiger partial charge in [-0.05, 0) is 56.9 Å². The SMILES string of the molecule is Cc1cc(C(=O)N[C@H](C)[C@H]2CCCO2)cc(S(=O)(=O)N(C)C)c1C. The Hall–Kier alpha value is -1.44. The predicted octanol–water partition coefficient (Wildman–Crippen LogP) is 1.85. The van der Waals surface area contributed by atoms with Crippen molar-refractivity contribution in [3.05, 3.63) is 28.8 Å². The number of nitrogens with zero attached hydrogens (tertiary/aromatic N) is 1. The standard InChI is InChI=1S/C17H26N2O4S/c1-11-9-14(10-16(12(11)2)24(21,22)19(4)5)17(20)18-13(3)15-7-6-8-23-15/h9-10,13,15H,6-8H2,1-5H3,(H,18,20)/t13-,15-/m1/s1. The molecule has 0 spiro atoms. The first-order valence-electron chi connectivity index (χ1n) is 8.11. The zero-order valence-corrected chi connectivity index (χ0v) is 15.7. The van der Waals surface area contributed by atoms with Crippen molar-refractivity contribution in [3.8, 4) is 0 Å². The Labute approximate surface area is 144 Å². The minimum atomic E-state index is -3.60. The molecule has 1 aromatic rings. The lowest BCUT2D eigenvalue weighted by molar-refractivity contribution is 0.0712. The van der Waals surface area contributed by atoms with Gasteiger partial charge >= 0.3 is 0 Å². The highest BCUT2D eigenvalue weighted by molar-refractivity contribution is 7.89. The fraction of sp³-hybridized carbons (Fsp3) is 0.588. The van der Waals surface area contributed by atoms with E-state index in [0.717, 1.165) is 29.3 Å². The van der Waals surface area contributed by atoms with E-state index in [0.29, 0.717) is 11.1 Å². The van der Waals surface area contributed by atoms with Gasteiger partial charge in [-0.1, -0.05) is 0 Å². The van der Waals surface area contributed by atoms with Gasteiger partial charge in [0.2, 0.25) is 10.0 Å². The number of amides is 1. The first-order valence-corrected chi connectivity index (χ1v) is 9.55. The molecule has 1 aromatic carbocycles. The van der Waals surface area contributed by atoms with Crippen molar-refractivity contribution in [1.82, 2.24) is 9.62 Å². The minimum absolute atomic E-state index is 0.0190. The quantitative estimate of drug-likeness (QED) is 0.876. The van der Waals surface area contributed by atoms with Crippen molar-refractivity contribution in [1.29, 1.82) is 0 Å². The lowest BCUT2D eigenvalue weighted by Crippen LogP contribution is -2.41. The molecule has 2 rings (SSSR count). The highest BCUT2D eigenvalue weighted by Crippen LogP contribution is 2.24. The average Bonchev–Trinajstić information content (AvgIpc) is 3.03. The Morgan fingerprint density at radius 1 is 1.33 bits per heavy atom. The highest BCUT2D eigenvalue weighted by atomic mass is 32.2. The molecule has 134 valence electrons. The van der Waals surface area contributed by atoms with Gasteiger partial charge in [-0.25, -0.2) is 12.7 Å². The van der Waals surface area contributed by atoms with Gasteiger partial charge in [0.1, 0.15) is 0 Å². The van der Waals surface area contributed by atoms with Crippen LogP contribution in [0.1, 0.15) is 41.3 Å². The Morgan fingerprint density at radius 2 is 2.00 bits per heavy atom. The number of rotatable bonds is 5. The van der Waals surface area contributed by atoms with Crippen LogP contribution in [0.2, 0.25) is 0 Å². The second-order valence-electron chi connectivity index (χ2n) is 6.52. The van der Waals surface area contributed by atoms with Crippen molar-refractivity contribution in [2.45, 2.75) is 50.7 Å².